The summed E-state index contributed by atoms with van der Waals surface area (Å²) in [7, 11) is 0. The fourth-order valence-electron chi connectivity index (χ4n) is 3.49. The number of carbonyl (C=O) groups excluding carboxylic acids is 1. The molecule has 0 bridgehead atoms. The third-order valence-electron chi connectivity index (χ3n) is 4.67. The van der Waals surface area contributed by atoms with Crippen LogP contribution in [0.2, 0.25) is 0 Å². The largest absolute Gasteiger partial charge is 0.481 e. The summed E-state index contributed by atoms with van der Waals surface area (Å²) < 4.78 is 0. The van der Waals surface area contributed by atoms with E-state index in [1.54, 1.807) is 0 Å². The summed E-state index contributed by atoms with van der Waals surface area (Å²) in [6, 6.07) is 0.0318. The van der Waals surface area contributed by atoms with Crippen molar-refractivity contribution in [1.82, 2.24) is 10.2 Å². The highest BCUT2D eigenvalue weighted by molar-refractivity contribution is 5.74. The molecular weight excluding hydrogens is 256 g/mol. The average molecular weight is 282 g/mol. The van der Waals surface area contributed by atoms with Gasteiger partial charge in [-0.3, -0.25) is 4.79 Å². The van der Waals surface area contributed by atoms with E-state index in [0.717, 1.165) is 31.8 Å². The van der Waals surface area contributed by atoms with Crippen LogP contribution >= 0.6 is 0 Å². The molecule has 0 aromatic heterocycles. The predicted octanol–water partition coefficient (Wildman–Crippen LogP) is 2.46. The van der Waals surface area contributed by atoms with E-state index in [1.807, 2.05) is 4.90 Å². The van der Waals surface area contributed by atoms with E-state index in [9.17, 15) is 9.59 Å². The first-order valence-corrected chi connectivity index (χ1v) is 7.91. The zero-order valence-electron chi connectivity index (χ0n) is 12.1. The Morgan fingerprint density at radius 1 is 1.10 bits per heavy atom. The first-order valence-electron chi connectivity index (χ1n) is 7.91. The van der Waals surface area contributed by atoms with Gasteiger partial charge in [-0.05, 0) is 37.5 Å². The molecule has 114 valence electrons. The van der Waals surface area contributed by atoms with Gasteiger partial charge in [0, 0.05) is 26.1 Å². The van der Waals surface area contributed by atoms with Crippen LogP contribution in [0.4, 0.5) is 4.79 Å². The second-order valence-electron chi connectivity index (χ2n) is 6.12. The molecule has 1 heterocycles. The molecule has 0 spiro atoms. The first-order chi connectivity index (χ1) is 9.66. The van der Waals surface area contributed by atoms with Crippen molar-refractivity contribution < 1.29 is 14.7 Å². The molecule has 0 aromatic rings. The number of hydrogen-bond acceptors (Lipinski definition) is 2. The normalized spacial score (nSPS) is 25.9. The summed E-state index contributed by atoms with van der Waals surface area (Å²) in [4.78, 5) is 24.4. The van der Waals surface area contributed by atoms with Crippen LogP contribution < -0.4 is 5.32 Å². The van der Waals surface area contributed by atoms with Crippen molar-refractivity contribution in [2.75, 3.05) is 19.6 Å². The number of nitrogens with zero attached hydrogens (tertiary/aromatic N) is 1. The van der Waals surface area contributed by atoms with Crippen LogP contribution in [0.25, 0.3) is 0 Å². The van der Waals surface area contributed by atoms with Gasteiger partial charge in [0.25, 0.3) is 0 Å². The highest BCUT2D eigenvalue weighted by atomic mass is 16.4. The molecule has 2 atom stereocenters. The SMILES string of the molecule is O=C(O)CCCCNC(=O)N1CCC2CCCCC2C1. The molecule has 0 radical (unpaired) electrons. The minimum Gasteiger partial charge on any atom is -0.481 e. The van der Waals surface area contributed by atoms with Crippen molar-refractivity contribution in [3.63, 3.8) is 0 Å². The molecule has 2 fully saturated rings. The Morgan fingerprint density at radius 3 is 2.60 bits per heavy atom. The monoisotopic (exact) mass is 282 g/mol. The first kappa shape index (κ1) is 15.1. The number of amides is 2. The van der Waals surface area contributed by atoms with Crippen LogP contribution in [-0.4, -0.2) is 41.6 Å². The summed E-state index contributed by atoms with van der Waals surface area (Å²) in [5.74, 6) is 0.773. The summed E-state index contributed by atoms with van der Waals surface area (Å²) in [6.45, 7) is 2.37. The van der Waals surface area contributed by atoms with Crippen molar-refractivity contribution >= 4 is 12.0 Å². The number of piperidine rings is 1. The zero-order valence-corrected chi connectivity index (χ0v) is 12.1. The summed E-state index contributed by atoms with van der Waals surface area (Å²) >= 11 is 0. The standard InChI is InChI=1S/C15H26N2O3/c18-14(19)7-3-4-9-16-15(20)17-10-8-12-5-1-2-6-13(12)11-17/h12-13H,1-11H2,(H,16,20)(H,18,19). The number of fused-ring (bicyclic) bond motifs is 1. The molecule has 1 saturated carbocycles. The summed E-state index contributed by atoms with van der Waals surface area (Å²) in [5, 5.41) is 11.5. The molecular formula is C15H26N2O3. The number of aliphatic carboxylic acids is 1. The van der Waals surface area contributed by atoms with E-state index in [0.29, 0.717) is 18.9 Å². The van der Waals surface area contributed by atoms with E-state index in [4.69, 9.17) is 5.11 Å². The molecule has 1 saturated heterocycles. The van der Waals surface area contributed by atoms with Gasteiger partial charge in [0.05, 0.1) is 0 Å². The molecule has 20 heavy (non-hydrogen) atoms. The average Bonchev–Trinajstić information content (AvgIpc) is 2.46. The number of carboxylic acids is 1. The van der Waals surface area contributed by atoms with Gasteiger partial charge in [-0.15, -0.1) is 0 Å². The Hall–Kier alpha value is -1.26. The Kier molecular flexibility index (Phi) is 5.68. The highest BCUT2D eigenvalue weighted by Gasteiger charge is 2.32. The quantitative estimate of drug-likeness (QED) is 0.761. The van der Waals surface area contributed by atoms with Crippen molar-refractivity contribution in [3.8, 4) is 0 Å². The Morgan fingerprint density at radius 2 is 1.85 bits per heavy atom. The number of unbranched alkanes of at least 4 members (excludes halogenated alkanes) is 1. The van der Waals surface area contributed by atoms with Gasteiger partial charge in [0.1, 0.15) is 0 Å². The van der Waals surface area contributed by atoms with Crippen LogP contribution in [0.5, 0.6) is 0 Å². The Labute approximate surface area is 120 Å². The number of hydrogen-bond donors (Lipinski definition) is 2. The van der Waals surface area contributed by atoms with E-state index in [1.165, 1.54) is 25.7 Å². The number of carboxylic acid groups (broad SMARTS) is 1. The van der Waals surface area contributed by atoms with Crippen LogP contribution in [0, 0.1) is 11.8 Å². The predicted molar refractivity (Wildman–Crippen MR) is 76.5 cm³/mol. The van der Waals surface area contributed by atoms with Crippen molar-refractivity contribution in [2.24, 2.45) is 11.8 Å². The molecule has 5 nitrogen and oxygen atoms in total. The lowest BCUT2D eigenvalue weighted by Crippen LogP contribution is -2.48. The second-order valence-corrected chi connectivity index (χ2v) is 6.12. The van der Waals surface area contributed by atoms with Crippen LogP contribution in [0.3, 0.4) is 0 Å². The number of likely N-dealkylation sites (tertiary alicyclic amines) is 1. The van der Waals surface area contributed by atoms with Crippen molar-refractivity contribution in [3.05, 3.63) is 0 Å². The van der Waals surface area contributed by atoms with Gasteiger partial charge in [-0.25, -0.2) is 4.79 Å². The Balaban J connectivity index is 1.64. The smallest absolute Gasteiger partial charge is 0.317 e. The van der Waals surface area contributed by atoms with Gasteiger partial charge in [-0.1, -0.05) is 19.3 Å². The molecule has 2 amide bonds. The molecule has 2 N–H and O–H groups in total. The zero-order chi connectivity index (χ0) is 14.4. The van der Waals surface area contributed by atoms with Gasteiger partial charge in [-0.2, -0.15) is 0 Å². The van der Waals surface area contributed by atoms with Crippen molar-refractivity contribution in [2.45, 2.75) is 51.4 Å². The number of rotatable bonds is 5. The number of carbonyl (C=O) groups is 2. The number of nitrogens with one attached hydrogen (secondary N) is 1. The van der Waals surface area contributed by atoms with E-state index < -0.39 is 5.97 Å². The minimum absolute atomic E-state index is 0.0318. The van der Waals surface area contributed by atoms with Crippen molar-refractivity contribution in [1.29, 1.82) is 0 Å². The van der Waals surface area contributed by atoms with Gasteiger partial charge in [0.2, 0.25) is 0 Å². The third-order valence-corrected chi connectivity index (χ3v) is 4.67. The molecule has 2 rings (SSSR count). The maximum atomic E-state index is 12.1. The molecule has 2 aliphatic rings. The highest BCUT2D eigenvalue weighted by Crippen LogP contribution is 2.35. The summed E-state index contributed by atoms with van der Waals surface area (Å²) in [6.07, 6.45) is 7.98. The van der Waals surface area contributed by atoms with Crippen LogP contribution in [-0.2, 0) is 4.79 Å². The maximum absolute atomic E-state index is 12.1. The lowest BCUT2D eigenvalue weighted by Gasteiger charge is -2.41. The summed E-state index contributed by atoms with van der Waals surface area (Å²) in [5.41, 5.74) is 0. The molecule has 1 aliphatic carbocycles. The lowest BCUT2D eigenvalue weighted by molar-refractivity contribution is -0.137. The van der Waals surface area contributed by atoms with Crippen LogP contribution in [0.1, 0.15) is 51.4 Å². The third kappa shape index (κ3) is 4.39. The lowest BCUT2D eigenvalue weighted by atomic mass is 9.75. The van der Waals surface area contributed by atoms with Gasteiger partial charge >= 0.3 is 12.0 Å². The van der Waals surface area contributed by atoms with E-state index in [-0.39, 0.29) is 12.5 Å². The Bertz CT molecular complexity index is 346. The maximum Gasteiger partial charge on any atom is 0.317 e. The number of urea groups is 1. The fraction of sp³-hybridized carbons (Fsp3) is 0.867. The topological polar surface area (TPSA) is 69.6 Å². The van der Waals surface area contributed by atoms with E-state index >= 15 is 0 Å². The molecule has 1 aliphatic heterocycles. The fourth-order valence-corrected chi connectivity index (χ4v) is 3.49. The van der Waals surface area contributed by atoms with Crippen LogP contribution in [0.15, 0.2) is 0 Å². The second kappa shape index (κ2) is 7.50. The molecule has 0 aromatic carbocycles. The minimum atomic E-state index is -0.768. The molecule has 5 heteroatoms. The van der Waals surface area contributed by atoms with E-state index in [2.05, 4.69) is 5.32 Å². The van der Waals surface area contributed by atoms with Gasteiger partial charge < -0.3 is 15.3 Å². The molecule has 2 unspecified atom stereocenters. The van der Waals surface area contributed by atoms with Gasteiger partial charge in [0.15, 0.2) is 0 Å².